The lowest BCUT2D eigenvalue weighted by Gasteiger charge is -2.21. The molecule has 2 aliphatic heterocycles. The van der Waals surface area contributed by atoms with E-state index in [4.69, 9.17) is 18.9 Å². The highest BCUT2D eigenvalue weighted by molar-refractivity contribution is 14.0. The van der Waals surface area contributed by atoms with Gasteiger partial charge in [0.25, 0.3) is 0 Å². The van der Waals surface area contributed by atoms with Gasteiger partial charge in [0.1, 0.15) is 0 Å². The summed E-state index contributed by atoms with van der Waals surface area (Å²) in [5.41, 5.74) is 0. The molecule has 0 spiro atoms. The Morgan fingerprint density at radius 2 is 1.61 bits per heavy atom. The van der Waals surface area contributed by atoms with E-state index in [1.165, 1.54) is 0 Å². The van der Waals surface area contributed by atoms with Crippen molar-refractivity contribution in [1.82, 2.24) is 10.6 Å². The predicted octanol–water partition coefficient (Wildman–Crippen LogP) is 2.44. The third-order valence-corrected chi connectivity index (χ3v) is 4.89. The molecule has 2 heterocycles. The molecule has 28 heavy (non-hydrogen) atoms. The van der Waals surface area contributed by atoms with E-state index in [1.807, 2.05) is 0 Å². The van der Waals surface area contributed by atoms with Crippen LogP contribution in [0, 0.1) is 11.8 Å². The molecule has 2 saturated heterocycles. The molecule has 2 aliphatic rings. The van der Waals surface area contributed by atoms with E-state index < -0.39 is 0 Å². The van der Waals surface area contributed by atoms with Crippen molar-refractivity contribution in [3.8, 4) is 0 Å². The summed E-state index contributed by atoms with van der Waals surface area (Å²) in [6.07, 6.45) is 5.32. The molecule has 0 saturated carbocycles. The number of hydrogen-bond acceptors (Lipinski definition) is 5. The van der Waals surface area contributed by atoms with Crippen molar-refractivity contribution < 1.29 is 18.9 Å². The summed E-state index contributed by atoms with van der Waals surface area (Å²) in [5, 5.41) is 6.66. The molecule has 0 amide bonds. The Bertz CT molecular complexity index is 390. The maximum atomic E-state index is 5.80. The van der Waals surface area contributed by atoms with Crippen molar-refractivity contribution in [2.75, 3.05) is 72.5 Å². The zero-order valence-electron chi connectivity index (χ0n) is 17.5. The maximum absolute atomic E-state index is 5.80. The van der Waals surface area contributed by atoms with Gasteiger partial charge >= 0.3 is 0 Å². The lowest BCUT2D eigenvalue weighted by Crippen LogP contribution is -2.38. The number of guanidine groups is 1. The van der Waals surface area contributed by atoms with Gasteiger partial charge in [-0.05, 0) is 44.9 Å². The number of aliphatic imine (C=N–C) groups is 1. The van der Waals surface area contributed by atoms with Crippen LogP contribution in [0.5, 0.6) is 0 Å². The first-order valence-electron chi connectivity index (χ1n) is 10.7. The van der Waals surface area contributed by atoms with Gasteiger partial charge in [0.2, 0.25) is 0 Å². The normalized spacial score (nSPS) is 20.8. The molecule has 2 rings (SSSR count). The van der Waals surface area contributed by atoms with Gasteiger partial charge in [-0.1, -0.05) is 0 Å². The van der Waals surface area contributed by atoms with E-state index in [0.717, 1.165) is 111 Å². The first-order valence-corrected chi connectivity index (χ1v) is 10.7. The first kappa shape index (κ1) is 25.9. The summed E-state index contributed by atoms with van der Waals surface area (Å²) in [4.78, 5) is 4.61. The Labute approximate surface area is 187 Å². The molecule has 0 aromatic carbocycles. The number of ether oxygens (including phenoxy) is 4. The lowest BCUT2D eigenvalue weighted by atomic mass is 10.0. The molecule has 0 aliphatic carbocycles. The van der Waals surface area contributed by atoms with E-state index in [1.54, 1.807) is 0 Å². The minimum atomic E-state index is 0. The largest absolute Gasteiger partial charge is 0.381 e. The third kappa shape index (κ3) is 12.4. The van der Waals surface area contributed by atoms with Gasteiger partial charge in [0.15, 0.2) is 5.96 Å². The van der Waals surface area contributed by atoms with Gasteiger partial charge in [0, 0.05) is 65.2 Å². The van der Waals surface area contributed by atoms with Crippen molar-refractivity contribution >= 4 is 29.9 Å². The van der Waals surface area contributed by atoms with Gasteiger partial charge in [-0.3, -0.25) is 4.99 Å². The van der Waals surface area contributed by atoms with E-state index in [2.05, 4.69) is 22.5 Å². The summed E-state index contributed by atoms with van der Waals surface area (Å²) < 4.78 is 22.2. The quantitative estimate of drug-likeness (QED) is 0.171. The van der Waals surface area contributed by atoms with Crippen LogP contribution in [0.25, 0.3) is 0 Å². The minimum absolute atomic E-state index is 0. The van der Waals surface area contributed by atoms with Crippen LogP contribution >= 0.6 is 24.0 Å². The molecule has 166 valence electrons. The second kappa shape index (κ2) is 17.7. The molecule has 0 aromatic heterocycles. The van der Waals surface area contributed by atoms with Gasteiger partial charge < -0.3 is 29.6 Å². The molecule has 8 heteroatoms. The second-order valence-corrected chi connectivity index (χ2v) is 7.33. The number of hydrogen-bond donors (Lipinski definition) is 2. The van der Waals surface area contributed by atoms with Crippen LogP contribution in [0.15, 0.2) is 4.99 Å². The SMILES string of the molecule is CCNC(=NCCCOCC1CCOC1)NCCCOCC1CCOCC1.I. The zero-order chi connectivity index (χ0) is 19.0. The predicted molar refractivity (Wildman–Crippen MR) is 123 cm³/mol. The zero-order valence-corrected chi connectivity index (χ0v) is 19.8. The molecular weight excluding hydrogens is 473 g/mol. The van der Waals surface area contributed by atoms with Crippen LogP contribution in [-0.4, -0.2) is 78.4 Å². The fraction of sp³-hybridized carbons (Fsp3) is 0.950. The average molecular weight is 513 g/mol. The molecule has 2 fully saturated rings. The van der Waals surface area contributed by atoms with E-state index in [9.17, 15) is 0 Å². The molecule has 0 radical (unpaired) electrons. The number of nitrogens with one attached hydrogen (secondary N) is 2. The van der Waals surface area contributed by atoms with Crippen LogP contribution in [0.4, 0.5) is 0 Å². The summed E-state index contributed by atoms with van der Waals surface area (Å²) in [6.45, 7) is 11.3. The number of nitrogens with zero attached hydrogens (tertiary/aromatic N) is 1. The molecule has 0 aromatic rings. The van der Waals surface area contributed by atoms with Crippen molar-refractivity contribution in [2.45, 2.75) is 39.0 Å². The van der Waals surface area contributed by atoms with E-state index in [-0.39, 0.29) is 24.0 Å². The molecule has 1 atom stereocenters. The smallest absolute Gasteiger partial charge is 0.191 e. The second-order valence-electron chi connectivity index (χ2n) is 7.33. The van der Waals surface area contributed by atoms with Crippen molar-refractivity contribution in [1.29, 1.82) is 0 Å². The van der Waals surface area contributed by atoms with Crippen molar-refractivity contribution in [3.63, 3.8) is 0 Å². The molecule has 7 nitrogen and oxygen atoms in total. The highest BCUT2D eigenvalue weighted by Crippen LogP contribution is 2.14. The molecular formula is C20H40IN3O4. The Morgan fingerprint density at radius 3 is 2.32 bits per heavy atom. The van der Waals surface area contributed by atoms with E-state index in [0.29, 0.717) is 11.8 Å². The molecule has 0 bridgehead atoms. The fourth-order valence-corrected chi connectivity index (χ4v) is 3.21. The summed E-state index contributed by atoms with van der Waals surface area (Å²) in [5.74, 6) is 2.14. The number of rotatable bonds is 13. The highest BCUT2D eigenvalue weighted by atomic mass is 127. The van der Waals surface area contributed by atoms with Crippen LogP contribution < -0.4 is 10.6 Å². The Morgan fingerprint density at radius 1 is 0.929 bits per heavy atom. The Balaban J connectivity index is 0.00000392. The van der Waals surface area contributed by atoms with Crippen LogP contribution in [0.3, 0.4) is 0 Å². The standard InChI is InChI=1S/C20H39N3O4.HI/c1-2-21-20(23-9-4-11-26-16-19-7-14-27-17-19)22-8-3-10-25-15-18-5-12-24-13-6-18;/h18-19H,2-17H2,1H3,(H2,21,22,23);1H. The Hall–Kier alpha value is -0.160. The maximum Gasteiger partial charge on any atom is 0.191 e. The Kier molecular flexibility index (Phi) is 16.3. The highest BCUT2D eigenvalue weighted by Gasteiger charge is 2.15. The van der Waals surface area contributed by atoms with Crippen molar-refractivity contribution in [2.24, 2.45) is 16.8 Å². The summed E-state index contributed by atoms with van der Waals surface area (Å²) in [7, 11) is 0. The van der Waals surface area contributed by atoms with Crippen LogP contribution in [0.2, 0.25) is 0 Å². The van der Waals surface area contributed by atoms with Gasteiger partial charge in [-0.25, -0.2) is 0 Å². The topological polar surface area (TPSA) is 73.3 Å². The first-order chi connectivity index (χ1) is 13.4. The number of halogens is 1. The van der Waals surface area contributed by atoms with Gasteiger partial charge in [0.05, 0.1) is 13.2 Å². The minimum Gasteiger partial charge on any atom is -0.381 e. The van der Waals surface area contributed by atoms with Crippen molar-refractivity contribution in [3.05, 3.63) is 0 Å². The van der Waals surface area contributed by atoms with Crippen LogP contribution in [0.1, 0.15) is 39.0 Å². The fourth-order valence-electron chi connectivity index (χ4n) is 3.21. The summed E-state index contributed by atoms with van der Waals surface area (Å²) in [6, 6.07) is 0. The van der Waals surface area contributed by atoms with Crippen LogP contribution in [-0.2, 0) is 18.9 Å². The van der Waals surface area contributed by atoms with Gasteiger partial charge in [-0.15, -0.1) is 24.0 Å². The summed E-state index contributed by atoms with van der Waals surface area (Å²) >= 11 is 0. The van der Waals surface area contributed by atoms with E-state index >= 15 is 0 Å². The molecule has 1 unspecified atom stereocenters. The average Bonchev–Trinajstić information content (AvgIpc) is 3.21. The monoisotopic (exact) mass is 513 g/mol. The molecule has 2 N–H and O–H groups in total. The van der Waals surface area contributed by atoms with Gasteiger partial charge in [-0.2, -0.15) is 0 Å². The third-order valence-electron chi connectivity index (χ3n) is 4.89. The lowest BCUT2D eigenvalue weighted by molar-refractivity contribution is 0.0203.